The van der Waals surface area contributed by atoms with E-state index in [2.05, 4.69) is 67.4 Å². The molecule has 0 aliphatic heterocycles. The summed E-state index contributed by atoms with van der Waals surface area (Å²) in [4.78, 5) is 5.80. The second kappa shape index (κ2) is 6.08. The molecule has 1 aromatic carbocycles. The van der Waals surface area contributed by atoms with Gasteiger partial charge < -0.3 is 9.88 Å². The number of para-hydroxylation sites is 2. The number of thiophene rings is 1. The van der Waals surface area contributed by atoms with Crippen molar-refractivity contribution < 1.29 is 0 Å². The molecule has 0 aliphatic rings. The van der Waals surface area contributed by atoms with Crippen molar-refractivity contribution in [1.82, 2.24) is 14.9 Å². The van der Waals surface area contributed by atoms with Crippen LogP contribution in [0.15, 0.2) is 46.5 Å². The lowest BCUT2D eigenvalue weighted by Crippen LogP contribution is -2.24. The summed E-state index contributed by atoms with van der Waals surface area (Å²) >= 11 is 5.42. The first-order valence-corrected chi connectivity index (χ1v) is 8.33. The zero-order valence-electron chi connectivity index (χ0n) is 11.2. The summed E-state index contributed by atoms with van der Waals surface area (Å²) in [7, 11) is 0. The maximum Gasteiger partial charge on any atom is 0.0958 e. The molecule has 3 aromatic rings. The number of nitrogens with zero attached hydrogens (tertiary/aromatic N) is 2. The number of rotatable bonds is 5. The minimum absolute atomic E-state index is 0.298. The van der Waals surface area contributed by atoms with Gasteiger partial charge in [-0.2, -0.15) is 0 Å². The average molecular weight is 350 g/mol. The zero-order valence-corrected chi connectivity index (χ0v) is 13.6. The second-order valence-corrected chi connectivity index (χ2v) is 6.43. The van der Waals surface area contributed by atoms with Crippen LogP contribution in [0.4, 0.5) is 0 Å². The van der Waals surface area contributed by atoms with Crippen LogP contribution in [0.1, 0.15) is 17.8 Å². The van der Waals surface area contributed by atoms with E-state index in [-0.39, 0.29) is 0 Å². The second-order valence-electron chi connectivity index (χ2n) is 4.63. The van der Waals surface area contributed by atoms with Gasteiger partial charge in [-0.15, -0.1) is 11.3 Å². The third-order valence-corrected chi connectivity index (χ3v) is 5.30. The standard InChI is InChI=1S/C15H16BrN3S/c1-2-17-13(15-11(16)7-8-20-15)9-19-10-18-12-5-3-4-6-14(12)19/h3-8,10,13,17H,2,9H2,1H3. The van der Waals surface area contributed by atoms with Crippen LogP contribution < -0.4 is 5.32 Å². The number of imidazole rings is 1. The van der Waals surface area contributed by atoms with E-state index >= 15 is 0 Å². The van der Waals surface area contributed by atoms with Gasteiger partial charge in [0.1, 0.15) is 0 Å². The summed E-state index contributed by atoms with van der Waals surface area (Å²) in [5, 5.41) is 5.68. The van der Waals surface area contributed by atoms with Crippen LogP contribution in [0.25, 0.3) is 11.0 Å². The molecule has 2 heterocycles. The Bertz CT molecular complexity index is 704. The van der Waals surface area contributed by atoms with E-state index in [1.54, 1.807) is 11.3 Å². The topological polar surface area (TPSA) is 29.9 Å². The minimum Gasteiger partial charge on any atom is -0.329 e. The van der Waals surface area contributed by atoms with Gasteiger partial charge in [0.2, 0.25) is 0 Å². The van der Waals surface area contributed by atoms with Crippen LogP contribution in [-0.2, 0) is 6.54 Å². The number of hydrogen-bond donors (Lipinski definition) is 1. The van der Waals surface area contributed by atoms with Crippen LogP contribution in [-0.4, -0.2) is 16.1 Å². The Hall–Kier alpha value is -1.17. The average Bonchev–Trinajstić information content (AvgIpc) is 3.05. The number of nitrogens with one attached hydrogen (secondary N) is 1. The van der Waals surface area contributed by atoms with Gasteiger partial charge >= 0.3 is 0 Å². The van der Waals surface area contributed by atoms with Gasteiger partial charge in [-0.3, -0.25) is 0 Å². The van der Waals surface area contributed by atoms with Crippen LogP contribution in [0.2, 0.25) is 0 Å². The monoisotopic (exact) mass is 349 g/mol. The molecule has 5 heteroatoms. The van der Waals surface area contributed by atoms with Crippen LogP contribution in [0.5, 0.6) is 0 Å². The van der Waals surface area contributed by atoms with E-state index in [1.807, 2.05) is 12.4 Å². The molecule has 0 amide bonds. The van der Waals surface area contributed by atoms with E-state index < -0.39 is 0 Å². The molecule has 20 heavy (non-hydrogen) atoms. The van der Waals surface area contributed by atoms with Gasteiger partial charge in [0.15, 0.2) is 0 Å². The van der Waals surface area contributed by atoms with Crippen molar-refractivity contribution in [2.75, 3.05) is 6.54 Å². The highest BCUT2D eigenvalue weighted by Gasteiger charge is 2.16. The molecule has 3 rings (SSSR count). The molecule has 0 fully saturated rings. The summed E-state index contributed by atoms with van der Waals surface area (Å²) in [6.07, 6.45) is 1.93. The van der Waals surface area contributed by atoms with E-state index in [1.165, 1.54) is 14.9 Å². The van der Waals surface area contributed by atoms with Gasteiger partial charge in [0.25, 0.3) is 0 Å². The van der Waals surface area contributed by atoms with Crippen molar-refractivity contribution in [1.29, 1.82) is 0 Å². The number of halogens is 1. The van der Waals surface area contributed by atoms with Crippen molar-refractivity contribution in [2.45, 2.75) is 19.5 Å². The molecule has 0 saturated carbocycles. The molecule has 1 unspecified atom stereocenters. The molecule has 3 nitrogen and oxygen atoms in total. The molecule has 104 valence electrons. The third kappa shape index (κ3) is 2.66. The fourth-order valence-corrected chi connectivity index (χ4v) is 4.11. The summed E-state index contributed by atoms with van der Waals surface area (Å²) in [5.41, 5.74) is 2.23. The number of hydrogen-bond acceptors (Lipinski definition) is 3. The largest absolute Gasteiger partial charge is 0.329 e. The SMILES string of the molecule is CCNC(Cn1cnc2ccccc21)c1sccc1Br. The summed E-state index contributed by atoms with van der Waals surface area (Å²) in [6.45, 7) is 3.97. The van der Waals surface area contributed by atoms with Crippen molar-refractivity contribution in [3.63, 3.8) is 0 Å². The first-order valence-electron chi connectivity index (χ1n) is 6.65. The predicted molar refractivity (Wildman–Crippen MR) is 88.2 cm³/mol. The molecular formula is C15H16BrN3S. The van der Waals surface area contributed by atoms with Crippen LogP contribution >= 0.6 is 27.3 Å². The van der Waals surface area contributed by atoms with Crippen molar-refractivity contribution in [3.8, 4) is 0 Å². The highest BCUT2D eigenvalue weighted by atomic mass is 79.9. The lowest BCUT2D eigenvalue weighted by atomic mass is 10.2. The maximum absolute atomic E-state index is 4.46. The Morgan fingerprint density at radius 3 is 2.95 bits per heavy atom. The Morgan fingerprint density at radius 2 is 2.20 bits per heavy atom. The molecule has 0 aliphatic carbocycles. The molecule has 0 saturated heterocycles. The summed E-state index contributed by atoms with van der Waals surface area (Å²) < 4.78 is 3.40. The summed E-state index contributed by atoms with van der Waals surface area (Å²) in [5.74, 6) is 0. The lowest BCUT2D eigenvalue weighted by molar-refractivity contribution is 0.486. The smallest absolute Gasteiger partial charge is 0.0958 e. The Morgan fingerprint density at radius 1 is 1.35 bits per heavy atom. The molecule has 0 bridgehead atoms. The van der Waals surface area contributed by atoms with Crippen molar-refractivity contribution >= 4 is 38.3 Å². The number of aromatic nitrogens is 2. The zero-order chi connectivity index (χ0) is 13.9. The Balaban J connectivity index is 1.92. The van der Waals surface area contributed by atoms with Gasteiger partial charge in [-0.05, 0) is 46.1 Å². The highest BCUT2D eigenvalue weighted by Crippen LogP contribution is 2.30. The Labute approximate surface area is 130 Å². The quantitative estimate of drug-likeness (QED) is 0.747. The number of benzene rings is 1. The Kier molecular flexibility index (Phi) is 4.19. The first-order chi connectivity index (χ1) is 9.79. The van der Waals surface area contributed by atoms with Gasteiger partial charge in [-0.25, -0.2) is 4.98 Å². The van der Waals surface area contributed by atoms with Crippen LogP contribution in [0.3, 0.4) is 0 Å². The number of likely N-dealkylation sites (N-methyl/N-ethyl adjacent to an activating group) is 1. The molecule has 1 N–H and O–H groups in total. The third-order valence-electron chi connectivity index (χ3n) is 3.32. The molecule has 1 atom stereocenters. The van der Waals surface area contributed by atoms with E-state index in [0.717, 1.165) is 18.6 Å². The van der Waals surface area contributed by atoms with Gasteiger partial charge in [0.05, 0.1) is 23.4 Å². The van der Waals surface area contributed by atoms with Crippen LogP contribution in [0, 0.1) is 0 Å². The molecule has 0 spiro atoms. The van der Waals surface area contributed by atoms with Gasteiger partial charge in [0, 0.05) is 15.9 Å². The van der Waals surface area contributed by atoms with Crippen molar-refractivity contribution in [2.24, 2.45) is 0 Å². The number of fused-ring (bicyclic) bond motifs is 1. The summed E-state index contributed by atoms with van der Waals surface area (Å²) in [6, 6.07) is 10.7. The fourth-order valence-electron chi connectivity index (χ4n) is 2.39. The van der Waals surface area contributed by atoms with Crippen molar-refractivity contribution in [3.05, 3.63) is 51.4 Å². The normalized spacial score (nSPS) is 12.9. The fraction of sp³-hybridized carbons (Fsp3) is 0.267. The van der Waals surface area contributed by atoms with E-state index in [9.17, 15) is 0 Å². The predicted octanol–water partition coefficient (Wildman–Crippen LogP) is 4.21. The lowest BCUT2D eigenvalue weighted by Gasteiger charge is -2.18. The highest BCUT2D eigenvalue weighted by molar-refractivity contribution is 9.10. The first kappa shape index (κ1) is 13.8. The molecule has 2 aromatic heterocycles. The van der Waals surface area contributed by atoms with Gasteiger partial charge in [-0.1, -0.05) is 19.1 Å². The maximum atomic E-state index is 4.46. The molecule has 0 radical (unpaired) electrons. The molecular weight excluding hydrogens is 334 g/mol. The minimum atomic E-state index is 0.298. The van der Waals surface area contributed by atoms with E-state index in [4.69, 9.17) is 0 Å². The van der Waals surface area contributed by atoms with E-state index in [0.29, 0.717) is 6.04 Å².